The Hall–Kier alpha value is -2.06. The molecule has 0 bridgehead atoms. The predicted molar refractivity (Wildman–Crippen MR) is 79.0 cm³/mol. The second kappa shape index (κ2) is 5.72. The highest BCUT2D eigenvalue weighted by atomic mass is 32.1. The number of terminal acetylenes is 1. The van der Waals surface area contributed by atoms with Crippen LogP contribution in [0, 0.1) is 12.3 Å². The number of hydrogen-bond donors (Lipinski definition) is 2. The molecule has 98 valence electrons. The van der Waals surface area contributed by atoms with E-state index in [9.17, 15) is 4.79 Å². The highest BCUT2D eigenvalue weighted by Crippen LogP contribution is 2.32. The SMILES string of the molecule is C#CC(CCC)NC(=O)c1sc2cnccc2c1N. The fourth-order valence-corrected chi connectivity index (χ4v) is 2.84. The predicted octanol–water partition coefficient (Wildman–Crippen LogP) is 2.41. The fraction of sp³-hybridized carbons (Fsp3) is 0.286. The number of carbonyl (C=O) groups excluding carboxylic acids is 1. The summed E-state index contributed by atoms with van der Waals surface area (Å²) in [5.74, 6) is 2.36. The van der Waals surface area contributed by atoms with Gasteiger partial charge in [-0.3, -0.25) is 9.78 Å². The number of fused-ring (bicyclic) bond motifs is 1. The molecule has 3 N–H and O–H groups in total. The van der Waals surface area contributed by atoms with E-state index < -0.39 is 0 Å². The molecule has 0 aliphatic rings. The summed E-state index contributed by atoms with van der Waals surface area (Å²) in [5.41, 5.74) is 6.49. The van der Waals surface area contributed by atoms with Gasteiger partial charge in [0.1, 0.15) is 4.88 Å². The monoisotopic (exact) mass is 273 g/mol. The number of thiophene rings is 1. The zero-order valence-corrected chi connectivity index (χ0v) is 11.5. The van der Waals surface area contributed by atoms with Crippen molar-refractivity contribution in [2.45, 2.75) is 25.8 Å². The molecule has 0 aliphatic carbocycles. The van der Waals surface area contributed by atoms with Crippen molar-refractivity contribution in [1.82, 2.24) is 10.3 Å². The lowest BCUT2D eigenvalue weighted by Gasteiger charge is -2.11. The van der Waals surface area contributed by atoms with E-state index >= 15 is 0 Å². The summed E-state index contributed by atoms with van der Waals surface area (Å²) in [6.07, 6.45) is 10.4. The zero-order valence-electron chi connectivity index (χ0n) is 10.6. The molecule has 0 radical (unpaired) electrons. The van der Waals surface area contributed by atoms with Gasteiger partial charge >= 0.3 is 0 Å². The maximum atomic E-state index is 12.2. The van der Waals surface area contributed by atoms with Crippen molar-refractivity contribution in [2.75, 3.05) is 5.73 Å². The summed E-state index contributed by atoms with van der Waals surface area (Å²) in [5, 5.41) is 3.68. The van der Waals surface area contributed by atoms with Crippen LogP contribution in [0.3, 0.4) is 0 Å². The Morgan fingerprint density at radius 3 is 3.11 bits per heavy atom. The molecule has 1 unspecified atom stereocenters. The molecule has 19 heavy (non-hydrogen) atoms. The van der Waals surface area contributed by atoms with E-state index in [2.05, 4.69) is 16.2 Å². The van der Waals surface area contributed by atoms with Gasteiger partial charge in [-0.15, -0.1) is 17.8 Å². The first-order valence-electron chi connectivity index (χ1n) is 6.06. The third kappa shape index (κ3) is 2.69. The van der Waals surface area contributed by atoms with Crippen LogP contribution in [0.2, 0.25) is 0 Å². The number of nitrogens with two attached hydrogens (primary N) is 1. The summed E-state index contributed by atoms with van der Waals surface area (Å²) in [7, 11) is 0. The number of nitrogens with one attached hydrogen (secondary N) is 1. The summed E-state index contributed by atoms with van der Waals surface area (Å²) in [4.78, 5) is 16.7. The number of carbonyl (C=O) groups is 1. The Bertz CT molecular complexity index is 642. The van der Waals surface area contributed by atoms with Gasteiger partial charge in [0.25, 0.3) is 5.91 Å². The second-order valence-corrected chi connectivity index (χ2v) is 5.25. The van der Waals surface area contributed by atoms with Gasteiger partial charge in [-0.2, -0.15) is 0 Å². The average Bonchev–Trinajstić information content (AvgIpc) is 2.76. The van der Waals surface area contributed by atoms with Crippen LogP contribution in [0.15, 0.2) is 18.5 Å². The first kappa shape index (κ1) is 13.4. The number of aromatic nitrogens is 1. The fourth-order valence-electron chi connectivity index (χ4n) is 1.85. The highest BCUT2D eigenvalue weighted by molar-refractivity contribution is 7.21. The van der Waals surface area contributed by atoms with E-state index in [4.69, 9.17) is 12.2 Å². The van der Waals surface area contributed by atoms with E-state index in [0.29, 0.717) is 10.6 Å². The number of hydrogen-bond acceptors (Lipinski definition) is 4. The van der Waals surface area contributed by atoms with Crippen molar-refractivity contribution in [1.29, 1.82) is 0 Å². The molecule has 0 saturated carbocycles. The first-order chi connectivity index (χ1) is 9.17. The Morgan fingerprint density at radius 2 is 2.47 bits per heavy atom. The van der Waals surface area contributed by atoms with Crippen LogP contribution < -0.4 is 11.1 Å². The van der Waals surface area contributed by atoms with Gasteiger partial charge in [0.05, 0.1) is 16.4 Å². The van der Waals surface area contributed by atoms with Crippen molar-refractivity contribution < 1.29 is 4.79 Å². The standard InChI is InChI=1S/C14H15N3OS/c1-3-5-9(4-2)17-14(18)13-12(15)10-6-7-16-8-11(10)19-13/h2,6-9H,3,5,15H2,1H3,(H,17,18). The van der Waals surface area contributed by atoms with Crippen molar-refractivity contribution in [2.24, 2.45) is 0 Å². The van der Waals surface area contributed by atoms with Crippen molar-refractivity contribution in [3.63, 3.8) is 0 Å². The van der Waals surface area contributed by atoms with Gasteiger partial charge in [-0.25, -0.2) is 0 Å². The molecule has 0 saturated heterocycles. The topological polar surface area (TPSA) is 68.0 Å². The lowest BCUT2D eigenvalue weighted by Crippen LogP contribution is -2.33. The summed E-state index contributed by atoms with van der Waals surface area (Å²) in [6, 6.07) is 1.56. The van der Waals surface area contributed by atoms with Gasteiger partial charge < -0.3 is 11.1 Å². The van der Waals surface area contributed by atoms with Crippen LogP contribution in [0.25, 0.3) is 10.1 Å². The smallest absolute Gasteiger partial charge is 0.264 e. The molecule has 2 rings (SSSR count). The number of anilines is 1. The minimum absolute atomic E-state index is 0.213. The minimum atomic E-state index is -0.250. The average molecular weight is 273 g/mol. The second-order valence-electron chi connectivity index (χ2n) is 4.20. The van der Waals surface area contributed by atoms with Crippen molar-refractivity contribution in [3.8, 4) is 12.3 Å². The number of nitrogen functional groups attached to an aromatic ring is 1. The van der Waals surface area contributed by atoms with Crippen LogP contribution in [-0.2, 0) is 0 Å². The highest BCUT2D eigenvalue weighted by Gasteiger charge is 2.18. The molecule has 0 spiro atoms. The van der Waals surface area contributed by atoms with E-state index in [1.54, 1.807) is 12.4 Å². The van der Waals surface area contributed by atoms with Crippen LogP contribution in [-0.4, -0.2) is 16.9 Å². The van der Waals surface area contributed by atoms with Gasteiger partial charge in [-0.1, -0.05) is 19.3 Å². The van der Waals surface area contributed by atoms with Crippen LogP contribution in [0.4, 0.5) is 5.69 Å². The molecule has 5 heteroatoms. The summed E-state index contributed by atoms with van der Waals surface area (Å²) in [6.45, 7) is 2.02. The van der Waals surface area contributed by atoms with Crippen molar-refractivity contribution >= 4 is 33.0 Å². The molecular formula is C14H15N3OS. The zero-order chi connectivity index (χ0) is 13.8. The minimum Gasteiger partial charge on any atom is -0.397 e. The Morgan fingerprint density at radius 1 is 1.68 bits per heavy atom. The number of nitrogens with zero attached hydrogens (tertiary/aromatic N) is 1. The van der Waals surface area contributed by atoms with Gasteiger partial charge in [-0.05, 0) is 12.5 Å². The Labute approximate surface area is 116 Å². The Kier molecular flexibility index (Phi) is 4.03. The maximum Gasteiger partial charge on any atom is 0.264 e. The quantitative estimate of drug-likeness (QED) is 0.841. The largest absolute Gasteiger partial charge is 0.397 e. The molecule has 1 amide bonds. The molecule has 0 aromatic carbocycles. The molecule has 2 heterocycles. The molecular weight excluding hydrogens is 258 g/mol. The third-order valence-corrected chi connectivity index (χ3v) is 3.98. The maximum absolute atomic E-state index is 12.2. The van der Waals surface area contributed by atoms with E-state index in [-0.39, 0.29) is 11.9 Å². The molecule has 0 aliphatic heterocycles. The molecule has 1 atom stereocenters. The first-order valence-corrected chi connectivity index (χ1v) is 6.88. The molecule has 2 aromatic heterocycles. The van der Waals surface area contributed by atoms with E-state index in [1.165, 1.54) is 11.3 Å². The summed E-state index contributed by atoms with van der Waals surface area (Å²) >= 11 is 1.33. The van der Waals surface area contributed by atoms with Gasteiger partial charge in [0.2, 0.25) is 0 Å². The third-order valence-electron chi connectivity index (χ3n) is 2.82. The van der Waals surface area contributed by atoms with E-state index in [0.717, 1.165) is 22.9 Å². The Balaban J connectivity index is 2.27. The van der Waals surface area contributed by atoms with E-state index in [1.807, 2.05) is 13.0 Å². The van der Waals surface area contributed by atoms with Crippen LogP contribution >= 0.6 is 11.3 Å². The molecule has 4 nitrogen and oxygen atoms in total. The molecule has 0 fully saturated rings. The summed E-state index contributed by atoms with van der Waals surface area (Å²) < 4.78 is 0.901. The van der Waals surface area contributed by atoms with Crippen LogP contribution in [0.5, 0.6) is 0 Å². The van der Waals surface area contributed by atoms with Crippen molar-refractivity contribution in [3.05, 3.63) is 23.3 Å². The van der Waals surface area contributed by atoms with Crippen LogP contribution in [0.1, 0.15) is 29.4 Å². The molecule has 2 aromatic rings. The lowest BCUT2D eigenvalue weighted by molar-refractivity contribution is 0.0949. The number of amides is 1. The number of pyridine rings is 1. The lowest BCUT2D eigenvalue weighted by atomic mass is 10.1. The normalized spacial score (nSPS) is 12.0. The van der Waals surface area contributed by atoms with Gasteiger partial charge in [0.15, 0.2) is 0 Å². The van der Waals surface area contributed by atoms with Gasteiger partial charge in [0, 0.05) is 17.8 Å². The number of rotatable bonds is 4.